The molecule has 0 bridgehead atoms. The highest BCUT2D eigenvalue weighted by molar-refractivity contribution is 6.07. The number of benzene rings is 1. The van der Waals surface area contributed by atoms with Crippen molar-refractivity contribution < 1.29 is 14.3 Å². The number of hydrogen-bond donors (Lipinski definition) is 1. The second-order valence-electron chi connectivity index (χ2n) is 5.74. The first-order chi connectivity index (χ1) is 9.50. The van der Waals surface area contributed by atoms with Gasteiger partial charge in [0.05, 0.1) is 18.6 Å². The summed E-state index contributed by atoms with van der Waals surface area (Å²) in [5.41, 5.74) is 1.74. The molecule has 0 aliphatic carbocycles. The lowest BCUT2D eigenvalue weighted by Crippen LogP contribution is -2.40. The number of ether oxygens (including phenoxy) is 1. The molecule has 106 valence electrons. The summed E-state index contributed by atoms with van der Waals surface area (Å²) in [5, 5.41) is 2.85. The Kier molecular flexibility index (Phi) is 3.01. The maximum absolute atomic E-state index is 12.5. The van der Waals surface area contributed by atoms with Crippen molar-refractivity contribution in [3.8, 4) is 0 Å². The maximum Gasteiger partial charge on any atom is 0.254 e. The lowest BCUT2D eigenvalue weighted by molar-refractivity contribution is -0.119. The van der Waals surface area contributed by atoms with Crippen molar-refractivity contribution in [1.82, 2.24) is 4.90 Å². The van der Waals surface area contributed by atoms with Gasteiger partial charge in [0, 0.05) is 24.3 Å². The van der Waals surface area contributed by atoms with Gasteiger partial charge in [0.25, 0.3) is 5.91 Å². The average Bonchev–Trinajstić information content (AvgIpc) is 2.69. The largest absolute Gasteiger partial charge is 0.378 e. The summed E-state index contributed by atoms with van der Waals surface area (Å²) in [6, 6.07) is 5.43. The van der Waals surface area contributed by atoms with E-state index in [0.29, 0.717) is 31.9 Å². The Morgan fingerprint density at radius 2 is 2.00 bits per heavy atom. The van der Waals surface area contributed by atoms with Crippen LogP contribution in [-0.2, 0) is 14.9 Å². The molecule has 0 aromatic heterocycles. The van der Waals surface area contributed by atoms with Gasteiger partial charge in [0.2, 0.25) is 5.91 Å². The molecule has 0 spiro atoms. The number of rotatable bonds is 1. The van der Waals surface area contributed by atoms with Gasteiger partial charge in [0.15, 0.2) is 0 Å². The van der Waals surface area contributed by atoms with E-state index in [1.165, 1.54) is 0 Å². The molecule has 0 unspecified atom stereocenters. The van der Waals surface area contributed by atoms with Crippen molar-refractivity contribution in [1.29, 1.82) is 0 Å². The first kappa shape index (κ1) is 13.1. The Bertz CT molecular complexity index is 574. The third kappa shape index (κ3) is 1.98. The van der Waals surface area contributed by atoms with Crippen LogP contribution in [0.5, 0.6) is 0 Å². The average molecular weight is 274 g/mol. The molecule has 3 rings (SSSR count). The van der Waals surface area contributed by atoms with Gasteiger partial charge < -0.3 is 15.0 Å². The van der Waals surface area contributed by atoms with Crippen LogP contribution < -0.4 is 5.32 Å². The minimum Gasteiger partial charge on any atom is -0.378 e. The van der Waals surface area contributed by atoms with E-state index in [1.807, 2.05) is 26.0 Å². The van der Waals surface area contributed by atoms with Crippen molar-refractivity contribution >= 4 is 17.5 Å². The Morgan fingerprint density at radius 1 is 1.30 bits per heavy atom. The summed E-state index contributed by atoms with van der Waals surface area (Å²) in [6.07, 6.45) is 0. The Hall–Kier alpha value is -1.88. The zero-order chi connectivity index (χ0) is 14.3. The highest BCUT2D eigenvalue weighted by Gasteiger charge is 2.38. The highest BCUT2D eigenvalue weighted by Crippen LogP contribution is 2.37. The first-order valence-electron chi connectivity index (χ1n) is 6.83. The summed E-state index contributed by atoms with van der Waals surface area (Å²) in [6.45, 7) is 6.16. The van der Waals surface area contributed by atoms with Gasteiger partial charge in [-0.1, -0.05) is 0 Å². The van der Waals surface area contributed by atoms with Gasteiger partial charge in [-0.3, -0.25) is 9.59 Å². The van der Waals surface area contributed by atoms with Crippen LogP contribution >= 0.6 is 0 Å². The van der Waals surface area contributed by atoms with Crippen LogP contribution in [0, 0.1) is 0 Å². The fourth-order valence-corrected chi connectivity index (χ4v) is 2.65. The summed E-state index contributed by atoms with van der Waals surface area (Å²) in [5.74, 6) is -0.0188. The fourth-order valence-electron chi connectivity index (χ4n) is 2.65. The van der Waals surface area contributed by atoms with Gasteiger partial charge in [-0.15, -0.1) is 0 Å². The van der Waals surface area contributed by atoms with E-state index in [2.05, 4.69) is 5.32 Å². The fraction of sp³-hybridized carbons (Fsp3) is 0.467. The zero-order valence-corrected chi connectivity index (χ0v) is 11.7. The van der Waals surface area contributed by atoms with Gasteiger partial charge in [-0.2, -0.15) is 0 Å². The van der Waals surface area contributed by atoms with Crippen LogP contribution in [0.25, 0.3) is 0 Å². The van der Waals surface area contributed by atoms with E-state index >= 15 is 0 Å². The quantitative estimate of drug-likeness (QED) is 0.842. The Balaban J connectivity index is 1.91. The van der Waals surface area contributed by atoms with Gasteiger partial charge in [-0.25, -0.2) is 0 Å². The van der Waals surface area contributed by atoms with Crippen molar-refractivity contribution in [2.45, 2.75) is 19.3 Å². The Labute approximate surface area is 117 Å². The summed E-state index contributed by atoms with van der Waals surface area (Å²) < 4.78 is 5.26. The molecule has 5 heteroatoms. The third-order valence-electron chi connectivity index (χ3n) is 4.05. The lowest BCUT2D eigenvalue weighted by Gasteiger charge is -2.27. The molecule has 20 heavy (non-hydrogen) atoms. The molecule has 1 saturated heterocycles. The third-order valence-corrected chi connectivity index (χ3v) is 4.05. The van der Waals surface area contributed by atoms with Crippen LogP contribution in [-0.4, -0.2) is 43.0 Å². The Morgan fingerprint density at radius 3 is 2.70 bits per heavy atom. The van der Waals surface area contributed by atoms with E-state index in [9.17, 15) is 9.59 Å². The summed E-state index contributed by atoms with van der Waals surface area (Å²) >= 11 is 0. The molecular weight excluding hydrogens is 256 g/mol. The molecule has 1 fully saturated rings. The molecule has 2 aliphatic heterocycles. The topological polar surface area (TPSA) is 58.6 Å². The number of amides is 2. The number of nitrogens with zero attached hydrogens (tertiary/aromatic N) is 1. The standard InChI is InChI=1S/C15H18N2O3/c1-15(2)11-9-10(3-4-12(11)16-14(15)19)13(18)17-5-7-20-8-6-17/h3-4,9H,5-8H2,1-2H3,(H,16,19). The first-order valence-corrected chi connectivity index (χ1v) is 6.83. The number of morpholine rings is 1. The molecular formula is C15H18N2O3. The molecule has 0 atom stereocenters. The second-order valence-corrected chi connectivity index (χ2v) is 5.74. The molecule has 1 aromatic carbocycles. The normalized spacial score (nSPS) is 20.5. The van der Waals surface area contributed by atoms with Gasteiger partial charge >= 0.3 is 0 Å². The molecule has 1 aromatic rings. The van der Waals surface area contributed by atoms with Crippen LogP contribution in [0.1, 0.15) is 29.8 Å². The monoisotopic (exact) mass is 274 g/mol. The number of carbonyl (C=O) groups excluding carboxylic acids is 2. The number of carbonyl (C=O) groups is 2. The highest BCUT2D eigenvalue weighted by atomic mass is 16.5. The van der Waals surface area contributed by atoms with Crippen molar-refractivity contribution in [3.05, 3.63) is 29.3 Å². The van der Waals surface area contributed by atoms with Crippen LogP contribution in [0.15, 0.2) is 18.2 Å². The number of fused-ring (bicyclic) bond motifs is 1. The molecule has 0 saturated carbocycles. The minimum absolute atomic E-state index is 0.00579. The van der Waals surface area contributed by atoms with Crippen LogP contribution in [0.2, 0.25) is 0 Å². The van der Waals surface area contributed by atoms with Crippen LogP contribution in [0.3, 0.4) is 0 Å². The number of nitrogens with one attached hydrogen (secondary N) is 1. The van der Waals surface area contributed by atoms with E-state index in [-0.39, 0.29) is 11.8 Å². The predicted molar refractivity (Wildman–Crippen MR) is 74.8 cm³/mol. The molecule has 0 radical (unpaired) electrons. The number of anilines is 1. The van der Waals surface area contributed by atoms with Crippen molar-refractivity contribution in [2.24, 2.45) is 0 Å². The lowest BCUT2D eigenvalue weighted by atomic mass is 9.85. The minimum atomic E-state index is -0.587. The second kappa shape index (κ2) is 4.59. The van der Waals surface area contributed by atoms with E-state index in [0.717, 1.165) is 11.3 Å². The smallest absolute Gasteiger partial charge is 0.254 e. The van der Waals surface area contributed by atoms with E-state index in [4.69, 9.17) is 4.74 Å². The predicted octanol–water partition coefficient (Wildman–Crippen LogP) is 1.39. The summed E-state index contributed by atoms with van der Waals surface area (Å²) in [4.78, 5) is 26.2. The number of hydrogen-bond acceptors (Lipinski definition) is 3. The molecule has 2 amide bonds. The molecule has 5 nitrogen and oxygen atoms in total. The van der Waals surface area contributed by atoms with E-state index < -0.39 is 5.41 Å². The van der Waals surface area contributed by atoms with E-state index in [1.54, 1.807) is 11.0 Å². The van der Waals surface area contributed by atoms with Crippen LogP contribution in [0.4, 0.5) is 5.69 Å². The van der Waals surface area contributed by atoms with Crippen molar-refractivity contribution in [2.75, 3.05) is 31.6 Å². The summed E-state index contributed by atoms with van der Waals surface area (Å²) in [7, 11) is 0. The SMILES string of the molecule is CC1(C)C(=O)Nc2ccc(C(=O)N3CCOCC3)cc21. The van der Waals surface area contributed by atoms with Gasteiger partial charge in [0.1, 0.15) is 0 Å². The van der Waals surface area contributed by atoms with Crippen molar-refractivity contribution in [3.63, 3.8) is 0 Å². The zero-order valence-electron chi connectivity index (χ0n) is 11.7. The van der Waals surface area contributed by atoms with Gasteiger partial charge in [-0.05, 0) is 37.6 Å². The molecule has 1 N–H and O–H groups in total. The molecule has 2 heterocycles. The molecule has 2 aliphatic rings. The maximum atomic E-state index is 12.5.